The number of furan rings is 2. The van der Waals surface area contributed by atoms with Crippen LogP contribution < -0.4 is 0 Å². The number of hydrogen-bond donors (Lipinski definition) is 0. The van der Waals surface area contributed by atoms with Crippen molar-refractivity contribution < 1.29 is 8.83 Å². The van der Waals surface area contributed by atoms with Gasteiger partial charge in [-0.3, -0.25) is 0 Å². The fourth-order valence-corrected chi connectivity index (χ4v) is 14.5. The first kappa shape index (κ1) is 56.6. The van der Waals surface area contributed by atoms with Crippen LogP contribution in [-0.2, 0) is 0 Å². The third-order valence-corrected chi connectivity index (χ3v) is 19.5. The van der Waals surface area contributed by atoms with Gasteiger partial charge in [-0.05, 0) is 149 Å². The van der Waals surface area contributed by atoms with Crippen molar-refractivity contribution in [3.63, 3.8) is 0 Å². The molecule has 14 aromatic carbocycles. The summed E-state index contributed by atoms with van der Waals surface area (Å²) in [5, 5.41) is 8.82. The van der Waals surface area contributed by atoms with Crippen molar-refractivity contribution in [1.29, 1.82) is 0 Å². The smallest absolute Gasteiger partial charge is 0.164 e. The molecule has 0 bridgehead atoms. The summed E-state index contributed by atoms with van der Waals surface area (Å²) in [6, 6.07) is 114. The van der Waals surface area contributed by atoms with Crippen LogP contribution in [0, 0.1) is 0 Å². The second-order valence-corrected chi connectivity index (χ2v) is 25.4. The third-order valence-electron chi connectivity index (χ3n) is 19.5. The lowest BCUT2D eigenvalue weighted by Crippen LogP contribution is -2.00. The van der Waals surface area contributed by atoms with Gasteiger partial charge in [0, 0.05) is 87.8 Å². The van der Waals surface area contributed by atoms with Crippen molar-refractivity contribution in [1.82, 2.24) is 39.0 Å². The molecule has 20 aromatic rings. The molecule has 100 heavy (non-hydrogen) atoms. The normalized spacial score (nSPS) is 11.8. The highest BCUT2D eigenvalue weighted by Gasteiger charge is 2.21. The van der Waals surface area contributed by atoms with Gasteiger partial charge in [0.2, 0.25) is 0 Å². The Labute approximate surface area is 572 Å². The van der Waals surface area contributed by atoms with Crippen LogP contribution in [0.15, 0.2) is 336 Å². The molecular formula is C90H54N8O2. The van der Waals surface area contributed by atoms with E-state index in [0.29, 0.717) is 34.9 Å². The van der Waals surface area contributed by atoms with Crippen LogP contribution in [0.2, 0.25) is 0 Å². The molecule has 0 unspecified atom stereocenters. The number of rotatable bonds is 11. The summed E-state index contributed by atoms with van der Waals surface area (Å²) in [5.74, 6) is 3.60. The van der Waals surface area contributed by atoms with Crippen molar-refractivity contribution in [2.24, 2.45) is 0 Å². The largest absolute Gasteiger partial charge is 0.456 e. The second kappa shape index (κ2) is 23.0. The minimum absolute atomic E-state index is 0.577. The first-order valence-corrected chi connectivity index (χ1v) is 33.5. The van der Waals surface area contributed by atoms with E-state index >= 15 is 0 Å². The Balaban J connectivity index is 0.585. The molecule has 0 aliphatic heterocycles. The first-order valence-electron chi connectivity index (χ1n) is 33.5. The maximum Gasteiger partial charge on any atom is 0.164 e. The van der Waals surface area contributed by atoms with Gasteiger partial charge in [0.25, 0.3) is 0 Å². The molecule has 0 aliphatic carbocycles. The average molecular weight is 1280 g/mol. The highest BCUT2D eigenvalue weighted by atomic mass is 16.3. The number of benzene rings is 14. The van der Waals surface area contributed by atoms with Gasteiger partial charge in [0.05, 0.1) is 22.1 Å². The molecule has 0 saturated heterocycles. The van der Waals surface area contributed by atoms with E-state index < -0.39 is 0 Å². The van der Waals surface area contributed by atoms with Crippen LogP contribution in [-0.4, -0.2) is 39.0 Å². The number of nitrogens with zero attached hydrogens (tertiary/aromatic N) is 8. The lowest BCUT2D eigenvalue weighted by Gasteiger charge is -2.11. The molecule has 10 nitrogen and oxygen atoms in total. The van der Waals surface area contributed by atoms with Crippen molar-refractivity contribution in [3.8, 4) is 113 Å². The predicted molar refractivity (Wildman–Crippen MR) is 405 cm³/mol. The quantitative estimate of drug-likeness (QED) is 0.126. The van der Waals surface area contributed by atoms with E-state index in [1.807, 2.05) is 115 Å². The fourth-order valence-electron chi connectivity index (χ4n) is 14.5. The van der Waals surface area contributed by atoms with Crippen LogP contribution in [0.3, 0.4) is 0 Å². The number of aromatic nitrogens is 8. The van der Waals surface area contributed by atoms with E-state index in [1.165, 1.54) is 27.1 Å². The summed E-state index contributed by atoms with van der Waals surface area (Å²) in [4.78, 5) is 30.3. The Kier molecular flexibility index (Phi) is 13.0. The lowest BCUT2D eigenvalue weighted by atomic mass is 10.0. The highest BCUT2D eigenvalue weighted by Crippen LogP contribution is 2.42. The Bertz CT molecular complexity index is 6560. The maximum absolute atomic E-state index is 6.62. The fraction of sp³-hybridized carbons (Fsp3) is 0. The van der Waals surface area contributed by atoms with E-state index in [9.17, 15) is 0 Å². The average Bonchev–Trinajstić information content (AvgIpc) is 1.59. The number of hydrogen-bond acceptors (Lipinski definition) is 8. The molecule has 0 radical (unpaired) electrons. The Hall–Kier alpha value is -13.7. The Morgan fingerprint density at radius 2 is 0.480 bits per heavy atom. The highest BCUT2D eigenvalue weighted by molar-refractivity contribution is 6.13. The summed E-state index contributed by atoms with van der Waals surface area (Å²) in [6.07, 6.45) is 0. The van der Waals surface area contributed by atoms with Gasteiger partial charge in [-0.15, -0.1) is 0 Å². The van der Waals surface area contributed by atoms with E-state index in [0.717, 1.165) is 139 Å². The zero-order chi connectivity index (χ0) is 65.8. The molecule has 466 valence electrons. The molecule has 0 saturated carbocycles. The predicted octanol–water partition coefficient (Wildman–Crippen LogP) is 23.1. The number of fused-ring (bicyclic) bond motifs is 12. The lowest BCUT2D eigenvalue weighted by molar-refractivity contribution is 0.668. The number of para-hydroxylation sites is 3. The van der Waals surface area contributed by atoms with Gasteiger partial charge in [-0.1, -0.05) is 212 Å². The molecular weight excluding hydrogens is 1230 g/mol. The molecule has 0 fully saturated rings. The van der Waals surface area contributed by atoms with E-state index in [4.69, 9.17) is 38.7 Å². The molecule has 0 N–H and O–H groups in total. The van der Waals surface area contributed by atoms with Crippen molar-refractivity contribution in [3.05, 3.63) is 328 Å². The van der Waals surface area contributed by atoms with Crippen LogP contribution >= 0.6 is 0 Å². The standard InChI is InChI=1S/C90H54N8O2/c1-5-17-57(18-6-1)85-91-86(58-19-7-2-8-20-58)94-89(93-85)65-39-47-81-75(50-65)72-44-36-63(53-83(72)99-81)61-38-46-79-74(49-61)70-26-14-16-28-78(70)97(79)68-41-33-56(34-42-68)55-29-31-60(32-30-55)88-92-87(59-21-9-3-10-22-59)95-90(96-88)66-40-48-82-76(51-66)73-45-37-64(54-84(73)100-82)62-35-43-71-69-25-13-15-27-77(69)98(80(71)52-62)67-23-11-4-12-24-67/h1-54H. The van der Waals surface area contributed by atoms with E-state index in [-0.39, 0.29) is 0 Å². The molecule has 6 heterocycles. The third kappa shape index (κ3) is 9.64. The van der Waals surface area contributed by atoms with Crippen LogP contribution in [0.5, 0.6) is 0 Å². The molecule has 20 rings (SSSR count). The first-order chi connectivity index (χ1) is 49.5. The van der Waals surface area contributed by atoms with E-state index in [2.05, 4.69) is 221 Å². The minimum Gasteiger partial charge on any atom is -0.456 e. The molecule has 0 spiro atoms. The Morgan fingerprint density at radius 3 is 0.980 bits per heavy atom. The van der Waals surface area contributed by atoms with Crippen molar-refractivity contribution >= 4 is 87.5 Å². The van der Waals surface area contributed by atoms with Crippen LogP contribution in [0.25, 0.3) is 201 Å². The second-order valence-electron chi connectivity index (χ2n) is 25.4. The minimum atomic E-state index is 0.577. The summed E-state index contributed by atoms with van der Waals surface area (Å²) >= 11 is 0. The van der Waals surface area contributed by atoms with Crippen LogP contribution in [0.4, 0.5) is 0 Å². The van der Waals surface area contributed by atoms with Gasteiger partial charge in [0.1, 0.15) is 22.3 Å². The molecule has 0 atom stereocenters. The molecule has 10 heteroatoms. The molecule has 0 aliphatic rings. The van der Waals surface area contributed by atoms with Crippen molar-refractivity contribution in [2.75, 3.05) is 0 Å². The van der Waals surface area contributed by atoms with Gasteiger partial charge in [-0.2, -0.15) is 0 Å². The summed E-state index contributed by atoms with van der Waals surface area (Å²) in [6.45, 7) is 0. The summed E-state index contributed by atoms with van der Waals surface area (Å²) < 4.78 is 17.9. The SMILES string of the molecule is c1ccc(-c2nc(-c3ccccc3)nc(-c3ccc4oc5cc(-c6ccc7c(c6)c6ccccc6n7-c6ccc(-c7ccc(-c8nc(-c9ccccc9)nc(-c9ccc%10oc%11cc(-c%12ccc%13c%14ccccc%14n(-c%14ccccc%14)c%13c%12)ccc%11c%10c9)n8)cc7)cc6)ccc5c4c3)n2)cc1. The van der Waals surface area contributed by atoms with Gasteiger partial charge in [-0.25, -0.2) is 29.9 Å². The maximum atomic E-state index is 6.62. The summed E-state index contributed by atoms with van der Waals surface area (Å²) in [5.41, 5.74) is 21.9. The molecule has 0 amide bonds. The van der Waals surface area contributed by atoms with Gasteiger partial charge in [0.15, 0.2) is 34.9 Å². The monoisotopic (exact) mass is 1280 g/mol. The molecule has 6 aromatic heterocycles. The van der Waals surface area contributed by atoms with E-state index in [1.54, 1.807) is 0 Å². The van der Waals surface area contributed by atoms with Gasteiger partial charge < -0.3 is 18.0 Å². The topological polar surface area (TPSA) is 113 Å². The van der Waals surface area contributed by atoms with Crippen molar-refractivity contribution in [2.45, 2.75) is 0 Å². The summed E-state index contributed by atoms with van der Waals surface area (Å²) in [7, 11) is 0. The zero-order valence-electron chi connectivity index (χ0n) is 53.6. The van der Waals surface area contributed by atoms with Gasteiger partial charge >= 0.3 is 0 Å². The Morgan fingerprint density at radius 1 is 0.170 bits per heavy atom. The van der Waals surface area contributed by atoms with Crippen LogP contribution in [0.1, 0.15) is 0 Å². The zero-order valence-corrected chi connectivity index (χ0v) is 53.6.